The van der Waals surface area contributed by atoms with Crippen molar-refractivity contribution in [1.82, 2.24) is 9.88 Å². The number of rotatable bonds is 4. The molecular formula is C23H22Cl2N2O3. The minimum Gasteiger partial charge on any atom is -0.379 e. The first-order valence-corrected chi connectivity index (χ1v) is 10.4. The summed E-state index contributed by atoms with van der Waals surface area (Å²) in [5.74, 6) is -0.210. The van der Waals surface area contributed by atoms with E-state index in [0.717, 1.165) is 22.0 Å². The molecule has 3 aromatic rings. The van der Waals surface area contributed by atoms with E-state index in [2.05, 4.69) is 5.32 Å². The van der Waals surface area contributed by atoms with Crippen molar-refractivity contribution in [3.63, 3.8) is 0 Å². The predicted octanol–water partition coefficient (Wildman–Crippen LogP) is 5.04. The van der Waals surface area contributed by atoms with Crippen molar-refractivity contribution in [1.29, 1.82) is 0 Å². The molecule has 5 nitrogen and oxygen atoms in total. The van der Waals surface area contributed by atoms with Gasteiger partial charge in [-0.05, 0) is 49.2 Å². The maximum absolute atomic E-state index is 13.3. The minimum absolute atomic E-state index is 0.0106. The molecule has 0 saturated carbocycles. The van der Waals surface area contributed by atoms with Crippen LogP contribution in [0.1, 0.15) is 45.3 Å². The molecule has 1 N–H and O–H groups in total. The summed E-state index contributed by atoms with van der Waals surface area (Å²) in [4.78, 5) is 25.1. The van der Waals surface area contributed by atoms with Gasteiger partial charge in [0, 0.05) is 36.5 Å². The lowest BCUT2D eigenvalue weighted by Gasteiger charge is -2.31. The Hall–Kier alpha value is -2.34. The fourth-order valence-electron chi connectivity index (χ4n) is 4.21. The highest BCUT2D eigenvalue weighted by Crippen LogP contribution is 2.35. The summed E-state index contributed by atoms with van der Waals surface area (Å²) in [6, 6.07) is 10.9. The second-order valence-electron chi connectivity index (χ2n) is 7.81. The number of benzene rings is 2. The van der Waals surface area contributed by atoms with E-state index < -0.39 is 5.54 Å². The molecule has 4 rings (SSSR count). The average molecular weight is 445 g/mol. The number of fused-ring (bicyclic) bond motifs is 1. The van der Waals surface area contributed by atoms with Gasteiger partial charge in [-0.25, -0.2) is 0 Å². The lowest BCUT2D eigenvalue weighted by atomic mass is 9.84. The number of ketones is 1. The monoisotopic (exact) mass is 444 g/mol. The van der Waals surface area contributed by atoms with Crippen LogP contribution in [0.4, 0.5) is 0 Å². The predicted molar refractivity (Wildman–Crippen MR) is 119 cm³/mol. The molecule has 1 saturated heterocycles. The van der Waals surface area contributed by atoms with Crippen LogP contribution >= 0.6 is 23.2 Å². The number of hydrogen-bond donors (Lipinski definition) is 1. The molecule has 1 aromatic heterocycles. The lowest BCUT2D eigenvalue weighted by Crippen LogP contribution is -2.47. The topological polar surface area (TPSA) is 60.3 Å². The smallest absolute Gasteiger partial charge is 0.268 e. The third-order valence-corrected chi connectivity index (χ3v) is 6.69. The van der Waals surface area contributed by atoms with Gasteiger partial charge >= 0.3 is 0 Å². The van der Waals surface area contributed by atoms with Gasteiger partial charge in [-0.3, -0.25) is 9.59 Å². The Labute approximate surface area is 184 Å². The van der Waals surface area contributed by atoms with Crippen LogP contribution in [0.3, 0.4) is 0 Å². The van der Waals surface area contributed by atoms with Gasteiger partial charge in [0.2, 0.25) is 0 Å². The van der Waals surface area contributed by atoms with Gasteiger partial charge in [-0.15, -0.1) is 0 Å². The van der Waals surface area contributed by atoms with E-state index in [9.17, 15) is 9.59 Å². The molecular weight excluding hydrogens is 423 g/mol. The molecule has 1 aliphatic rings. The van der Waals surface area contributed by atoms with E-state index >= 15 is 0 Å². The molecule has 1 fully saturated rings. The number of carbonyl (C=O) groups is 2. The van der Waals surface area contributed by atoms with E-state index in [1.165, 1.54) is 0 Å². The summed E-state index contributed by atoms with van der Waals surface area (Å²) in [6.45, 7) is 4.41. The molecule has 1 amide bonds. The molecule has 7 heteroatoms. The Kier molecular flexibility index (Phi) is 5.39. The second-order valence-corrected chi connectivity index (χ2v) is 8.59. The first kappa shape index (κ1) is 20.9. The average Bonchev–Trinajstić information content (AvgIpc) is 3.30. The summed E-state index contributed by atoms with van der Waals surface area (Å²) in [5.41, 5.74) is 3.20. The van der Waals surface area contributed by atoms with Gasteiger partial charge in [0.1, 0.15) is 5.69 Å². The largest absolute Gasteiger partial charge is 0.379 e. The summed E-state index contributed by atoms with van der Waals surface area (Å²) in [6.07, 6.45) is 0.648. The number of aromatic nitrogens is 1. The molecule has 0 aliphatic carbocycles. The van der Waals surface area contributed by atoms with Crippen LogP contribution in [0.2, 0.25) is 10.0 Å². The van der Waals surface area contributed by atoms with Crippen LogP contribution in [0.25, 0.3) is 10.9 Å². The zero-order valence-electron chi connectivity index (χ0n) is 17.0. The van der Waals surface area contributed by atoms with Gasteiger partial charge in [-0.1, -0.05) is 35.3 Å². The third kappa shape index (κ3) is 3.41. The Morgan fingerprint density at radius 3 is 2.57 bits per heavy atom. The highest BCUT2D eigenvalue weighted by atomic mass is 35.5. The zero-order valence-corrected chi connectivity index (χ0v) is 18.5. The van der Waals surface area contributed by atoms with Crippen LogP contribution in [-0.2, 0) is 17.3 Å². The van der Waals surface area contributed by atoms with Gasteiger partial charge in [0.15, 0.2) is 5.78 Å². The van der Waals surface area contributed by atoms with E-state index in [-0.39, 0.29) is 11.7 Å². The number of Topliss-reactive ketones (excluding diaryl/α,β-unsaturated/α-hetero) is 1. The van der Waals surface area contributed by atoms with E-state index in [0.29, 0.717) is 40.9 Å². The Morgan fingerprint density at radius 2 is 1.93 bits per heavy atom. The van der Waals surface area contributed by atoms with Crippen molar-refractivity contribution in [3.05, 3.63) is 68.8 Å². The first-order chi connectivity index (χ1) is 14.2. The SMILES string of the molecule is CC(=O)c1ccc(C2(NC(=O)c3cc4c(Cl)c(Cl)ccc4n3C)CCOC2)c(C)c1. The van der Waals surface area contributed by atoms with Crippen molar-refractivity contribution < 1.29 is 14.3 Å². The van der Waals surface area contributed by atoms with Crippen molar-refractivity contribution >= 4 is 45.8 Å². The summed E-state index contributed by atoms with van der Waals surface area (Å²) in [5, 5.41) is 4.81. The van der Waals surface area contributed by atoms with Crippen molar-refractivity contribution in [3.8, 4) is 0 Å². The fourth-order valence-corrected chi connectivity index (χ4v) is 4.59. The molecule has 30 heavy (non-hydrogen) atoms. The quantitative estimate of drug-likeness (QED) is 0.573. The lowest BCUT2D eigenvalue weighted by molar-refractivity contribution is 0.0867. The molecule has 1 atom stereocenters. The summed E-state index contributed by atoms with van der Waals surface area (Å²) < 4.78 is 7.49. The molecule has 2 aromatic carbocycles. The zero-order chi connectivity index (χ0) is 21.6. The van der Waals surface area contributed by atoms with Crippen LogP contribution in [0.15, 0.2) is 36.4 Å². The highest BCUT2D eigenvalue weighted by Gasteiger charge is 2.40. The molecule has 2 heterocycles. The third-order valence-electron chi connectivity index (χ3n) is 5.87. The van der Waals surface area contributed by atoms with Gasteiger partial charge < -0.3 is 14.6 Å². The molecule has 0 radical (unpaired) electrons. The highest BCUT2D eigenvalue weighted by molar-refractivity contribution is 6.45. The standard InChI is InChI=1S/C23H22Cl2N2O3/c1-13-10-15(14(2)28)4-5-17(13)23(8-9-30-12-23)26-22(29)20-11-16-19(27(20)3)7-6-18(24)21(16)25/h4-7,10-11H,8-9,12H2,1-3H3,(H,26,29). The number of hydrogen-bond acceptors (Lipinski definition) is 3. The second kappa shape index (κ2) is 7.73. The van der Waals surface area contributed by atoms with E-state index in [1.807, 2.05) is 36.7 Å². The fraction of sp³-hybridized carbons (Fsp3) is 0.304. The van der Waals surface area contributed by atoms with Crippen LogP contribution in [0, 0.1) is 6.92 Å². The van der Waals surface area contributed by atoms with E-state index in [4.69, 9.17) is 27.9 Å². The van der Waals surface area contributed by atoms with Gasteiger partial charge in [0.25, 0.3) is 5.91 Å². The Morgan fingerprint density at radius 1 is 1.17 bits per heavy atom. The Balaban J connectivity index is 1.73. The maximum atomic E-state index is 13.3. The number of nitrogens with one attached hydrogen (secondary N) is 1. The molecule has 1 aliphatic heterocycles. The molecule has 156 valence electrons. The summed E-state index contributed by atoms with van der Waals surface area (Å²) >= 11 is 12.5. The van der Waals surface area contributed by atoms with Crippen LogP contribution in [0.5, 0.6) is 0 Å². The maximum Gasteiger partial charge on any atom is 0.268 e. The summed E-state index contributed by atoms with van der Waals surface area (Å²) in [7, 11) is 1.83. The number of ether oxygens (including phenoxy) is 1. The Bertz CT molecular complexity index is 1180. The number of aryl methyl sites for hydroxylation is 2. The molecule has 0 bridgehead atoms. The van der Waals surface area contributed by atoms with Gasteiger partial charge in [0.05, 0.1) is 22.2 Å². The number of halogens is 2. The molecule has 0 spiro atoms. The first-order valence-electron chi connectivity index (χ1n) is 9.69. The minimum atomic E-state index is -0.658. The number of amides is 1. The van der Waals surface area contributed by atoms with Crippen molar-refractivity contribution in [2.75, 3.05) is 13.2 Å². The molecule has 1 unspecified atom stereocenters. The number of nitrogens with zero attached hydrogens (tertiary/aromatic N) is 1. The van der Waals surface area contributed by atoms with Crippen molar-refractivity contribution in [2.24, 2.45) is 7.05 Å². The van der Waals surface area contributed by atoms with Crippen molar-refractivity contribution in [2.45, 2.75) is 25.8 Å². The van der Waals surface area contributed by atoms with Crippen LogP contribution in [-0.4, -0.2) is 29.5 Å². The normalized spacial score (nSPS) is 18.7. The van der Waals surface area contributed by atoms with Gasteiger partial charge in [-0.2, -0.15) is 0 Å². The van der Waals surface area contributed by atoms with E-state index in [1.54, 1.807) is 25.1 Å². The van der Waals surface area contributed by atoms with Crippen LogP contribution < -0.4 is 5.32 Å². The number of carbonyl (C=O) groups excluding carboxylic acids is 2.